The molecule has 0 heteroatoms. The lowest BCUT2D eigenvalue weighted by molar-refractivity contribution is 0.325. The van der Waals surface area contributed by atoms with Crippen molar-refractivity contribution in [3.63, 3.8) is 0 Å². The van der Waals surface area contributed by atoms with Crippen LogP contribution in [0.3, 0.4) is 0 Å². The molecule has 0 aliphatic heterocycles. The molecule has 0 aromatic heterocycles. The van der Waals surface area contributed by atoms with Crippen molar-refractivity contribution in [2.24, 2.45) is 11.8 Å². The van der Waals surface area contributed by atoms with Gasteiger partial charge in [-0.2, -0.15) is 0 Å². The second-order valence-electron chi connectivity index (χ2n) is 7.07. The van der Waals surface area contributed by atoms with E-state index in [1.54, 1.807) is 0 Å². The predicted octanol–water partition coefficient (Wildman–Crippen LogP) is 7.76. The first-order valence-electron chi connectivity index (χ1n) is 9.72. The molecule has 20 heavy (non-hydrogen) atoms. The lowest BCUT2D eigenvalue weighted by Crippen LogP contribution is -2.07. The summed E-state index contributed by atoms with van der Waals surface area (Å²) in [5.41, 5.74) is 0. The fraction of sp³-hybridized carbons (Fsp3) is 1.00. The zero-order chi connectivity index (χ0) is 15.1. The summed E-state index contributed by atoms with van der Waals surface area (Å²) in [7, 11) is 0. The Morgan fingerprint density at radius 2 is 0.800 bits per heavy atom. The number of rotatable bonds is 15. The summed E-state index contributed by atoms with van der Waals surface area (Å²) in [6.45, 7) is 9.52. The van der Waals surface area contributed by atoms with Crippen molar-refractivity contribution < 1.29 is 0 Å². The van der Waals surface area contributed by atoms with Gasteiger partial charge in [-0.05, 0) is 11.8 Å². The summed E-state index contributed by atoms with van der Waals surface area (Å²) in [4.78, 5) is 0. The summed E-state index contributed by atoms with van der Waals surface area (Å²) in [5, 5.41) is 0. The lowest BCUT2D eigenvalue weighted by Gasteiger charge is -2.19. The van der Waals surface area contributed by atoms with Crippen LogP contribution in [-0.2, 0) is 0 Å². The zero-order valence-electron chi connectivity index (χ0n) is 15.1. The largest absolute Gasteiger partial charge is 0.0654 e. The van der Waals surface area contributed by atoms with Gasteiger partial charge in [0.2, 0.25) is 0 Å². The average molecular weight is 283 g/mol. The molecule has 0 amide bonds. The van der Waals surface area contributed by atoms with Crippen LogP contribution in [0.4, 0.5) is 0 Å². The third-order valence-electron chi connectivity index (χ3n) is 5.00. The van der Waals surface area contributed by atoms with Crippen LogP contribution in [0.25, 0.3) is 0 Å². The fourth-order valence-electron chi connectivity index (χ4n) is 3.05. The highest BCUT2D eigenvalue weighted by Crippen LogP contribution is 2.23. The second-order valence-corrected chi connectivity index (χ2v) is 7.07. The van der Waals surface area contributed by atoms with Crippen molar-refractivity contribution in [2.75, 3.05) is 0 Å². The minimum Gasteiger partial charge on any atom is -0.0654 e. The standard InChI is InChI=1S/C20H42/c1-5-7-9-10-11-12-13-14-15-16-18-20(4)19(3)17-8-6-2/h19-20H,5-18H2,1-4H3. The molecule has 0 bridgehead atoms. The summed E-state index contributed by atoms with van der Waals surface area (Å²) in [5.74, 6) is 1.88. The van der Waals surface area contributed by atoms with Gasteiger partial charge >= 0.3 is 0 Å². The highest BCUT2D eigenvalue weighted by molar-refractivity contribution is 4.62. The average Bonchev–Trinajstić information content (AvgIpc) is 2.46. The molecule has 0 nitrogen and oxygen atoms in total. The molecule has 2 unspecified atom stereocenters. The lowest BCUT2D eigenvalue weighted by atomic mass is 9.87. The topological polar surface area (TPSA) is 0 Å². The molecule has 0 radical (unpaired) electrons. The van der Waals surface area contributed by atoms with E-state index in [1.807, 2.05) is 0 Å². The Bertz CT molecular complexity index is 173. The van der Waals surface area contributed by atoms with E-state index >= 15 is 0 Å². The van der Waals surface area contributed by atoms with Gasteiger partial charge in [0.05, 0.1) is 0 Å². The minimum absolute atomic E-state index is 0.938. The minimum atomic E-state index is 0.938. The van der Waals surface area contributed by atoms with E-state index in [2.05, 4.69) is 27.7 Å². The van der Waals surface area contributed by atoms with Crippen molar-refractivity contribution in [1.82, 2.24) is 0 Å². The molecule has 0 fully saturated rings. The van der Waals surface area contributed by atoms with Gasteiger partial charge < -0.3 is 0 Å². The van der Waals surface area contributed by atoms with E-state index in [1.165, 1.54) is 89.9 Å². The molecule has 0 aromatic carbocycles. The highest BCUT2D eigenvalue weighted by Gasteiger charge is 2.10. The molecule has 0 saturated carbocycles. The normalized spacial score (nSPS) is 14.4. The van der Waals surface area contributed by atoms with Gasteiger partial charge in [-0.25, -0.2) is 0 Å². The smallest absolute Gasteiger partial charge is 0.0417 e. The Morgan fingerprint density at radius 3 is 1.25 bits per heavy atom. The Kier molecular flexibility index (Phi) is 15.4. The first kappa shape index (κ1) is 20.0. The molecule has 0 N–H and O–H groups in total. The van der Waals surface area contributed by atoms with E-state index in [0.29, 0.717) is 0 Å². The predicted molar refractivity (Wildman–Crippen MR) is 94.3 cm³/mol. The first-order valence-corrected chi connectivity index (χ1v) is 9.72. The third-order valence-corrected chi connectivity index (χ3v) is 5.00. The van der Waals surface area contributed by atoms with Crippen LogP contribution in [0.1, 0.15) is 118 Å². The second kappa shape index (κ2) is 15.4. The van der Waals surface area contributed by atoms with Crippen LogP contribution in [0.5, 0.6) is 0 Å². The zero-order valence-corrected chi connectivity index (χ0v) is 15.1. The van der Waals surface area contributed by atoms with Gasteiger partial charge in [-0.3, -0.25) is 0 Å². The van der Waals surface area contributed by atoms with Gasteiger partial charge in [0.15, 0.2) is 0 Å². The maximum Gasteiger partial charge on any atom is -0.0417 e. The number of hydrogen-bond acceptors (Lipinski definition) is 0. The van der Waals surface area contributed by atoms with Crippen molar-refractivity contribution in [1.29, 1.82) is 0 Å². The van der Waals surface area contributed by atoms with Crippen LogP contribution in [0.15, 0.2) is 0 Å². The van der Waals surface area contributed by atoms with Crippen LogP contribution in [-0.4, -0.2) is 0 Å². The van der Waals surface area contributed by atoms with E-state index in [0.717, 1.165) is 11.8 Å². The molecule has 0 rings (SSSR count). The molecule has 0 aliphatic carbocycles. The fourth-order valence-corrected chi connectivity index (χ4v) is 3.05. The summed E-state index contributed by atoms with van der Waals surface area (Å²) in [6.07, 6.45) is 20.3. The van der Waals surface area contributed by atoms with Gasteiger partial charge in [0.1, 0.15) is 0 Å². The molecular weight excluding hydrogens is 240 g/mol. The maximum absolute atomic E-state index is 2.47. The van der Waals surface area contributed by atoms with Crippen molar-refractivity contribution >= 4 is 0 Å². The van der Waals surface area contributed by atoms with Crippen molar-refractivity contribution in [3.05, 3.63) is 0 Å². The van der Waals surface area contributed by atoms with Gasteiger partial charge in [0.25, 0.3) is 0 Å². The SMILES string of the molecule is CCCCCCCCCCCCC(C)C(C)CCCC. The van der Waals surface area contributed by atoms with Crippen molar-refractivity contribution in [2.45, 2.75) is 118 Å². The van der Waals surface area contributed by atoms with Gasteiger partial charge in [0, 0.05) is 0 Å². The van der Waals surface area contributed by atoms with E-state index in [-0.39, 0.29) is 0 Å². The summed E-state index contributed by atoms with van der Waals surface area (Å²) >= 11 is 0. The van der Waals surface area contributed by atoms with Gasteiger partial charge in [-0.15, -0.1) is 0 Å². The monoisotopic (exact) mass is 282 g/mol. The van der Waals surface area contributed by atoms with E-state index in [4.69, 9.17) is 0 Å². The number of hydrogen-bond donors (Lipinski definition) is 0. The molecule has 0 heterocycles. The highest BCUT2D eigenvalue weighted by atomic mass is 14.2. The van der Waals surface area contributed by atoms with Crippen LogP contribution in [0, 0.1) is 11.8 Å². The number of unbranched alkanes of at least 4 members (excludes halogenated alkanes) is 10. The van der Waals surface area contributed by atoms with Crippen LogP contribution < -0.4 is 0 Å². The first-order chi connectivity index (χ1) is 9.72. The van der Waals surface area contributed by atoms with E-state index < -0.39 is 0 Å². The molecular formula is C20H42. The Labute approximate surface area is 130 Å². The maximum atomic E-state index is 2.47. The molecule has 122 valence electrons. The Morgan fingerprint density at radius 1 is 0.450 bits per heavy atom. The summed E-state index contributed by atoms with van der Waals surface area (Å²) < 4.78 is 0. The van der Waals surface area contributed by atoms with Crippen LogP contribution in [0.2, 0.25) is 0 Å². The molecule has 0 spiro atoms. The quantitative estimate of drug-likeness (QED) is 0.269. The van der Waals surface area contributed by atoms with Gasteiger partial charge in [-0.1, -0.05) is 118 Å². The third kappa shape index (κ3) is 13.0. The molecule has 0 aliphatic rings. The molecule has 0 aromatic rings. The Balaban J connectivity index is 3.22. The van der Waals surface area contributed by atoms with Crippen LogP contribution >= 0.6 is 0 Å². The Hall–Kier alpha value is 0. The van der Waals surface area contributed by atoms with Crippen molar-refractivity contribution in [3.8, 4) is 0 Å². The van der Waals surface area contributed by atoms with E-state index in [9.17, 15) is 0 Å². The molecule has 2 atom stereocenters. The molecule has 0 saturated heterocycles. The summed E-state index contributed by atoms with van der Waals surface area (Å²) in [6, 6.07) is 0.